The number of piperidine rings is 1. The van der Waals surface area contributed by atoms with E-state index in [0.717, 1.165) is 45.2 Å². The molecule has 3 fully saturated rings. The number of hydrogen-bond donors (Lipinski definition) is 1. The fraction of sp³-hybridized carbons (Fsp3) is 0.947. The predicted molar refractivity (Wildman–Crippen MR) is 96.6 cm³/mol. The minimum atomic E-state index is -4.39. The number of morpholine rings is 1. The number of rotatable bonds is 3. The zero-order chi connectivity index (χ0) is 19.5. The first-order chi connectivity index (χ1) is 12.8. The first-order valence-corrected chi connectivity index (χ1v) is 10.2. The highest BCUT2D eigenvalue weighted by atomic mass is 19.4. The maximum Gasteiger partial charge on any atom is 0.408 e. The number of halogens is 3. The van der Waals surface area contributed by atoms with E-state index < -0.39 is 24.2 Å². The Bertz CT molecular complexity index is 495. The van der Waals surface area contributed by atoms with Crippen LogP contribution in [0.15, 0.2) is 0 Å². The predicted octanol–water partition coefficient (Wildman–Crippen LogP) is 3.39. The summed E-state index contributed by atoms with van der Waals surface area (Å²) in [6, 6.07) is -2.29. The van der Waals surface area contributed by atoms with Crippen LogP contribution in [0, 0.1) is 5.92 Å². The van der Waals surface area contributed by atoms with Crippen molar-refractivity contribution in [1.29, 1.82) is 0 Å². The summed E-state index contributed by atoms with van der Waals surface area (Å²) < 4.78 is 46.0. The third-order valence-corrected chi connectivity index (χ3v) is 6.66. The quantitative estimate of drug-likeness (QED) is 0.802. The number of alkyl halides is 3. The molecule has 8 heteroatoms. The van der Waals surface area contributed by atoms with Crippen LogP contribution < -0.4 is 5.32 Å². The summed E-state index contributed by atoms with van der Waals surface area (Å²) in [5.41, 5.74) is -0.00659. The van der Waals surface area contributed by atoms with E-state index in [1.807, 2.05) is 0 Å². The Hall–Kier alpha value is -1.02. The number of nitrogens with one attached hydrogen (secondary N) is 1. The maximum atomic E-state index is 13.5. The minimum absolute atomic E-state index is 0.00659. The Morgan fingerprint density at radius 2 is 1.67 bits per heavy atom. The van der Waals surface area contributed by atoms with Crippen LogP contribution in [0.25, 0.3) is 0 Å². The van der Waals surface area contributed by atoms with E-state index in [0.29, 0.717) is 39.1 Å². The average molecular weight is 391 g/mol. The van der Waals surface area contributed by atoms with E-state index in [1.54, 1.807) is 4.90 Å². The summed E-state index contributed by atoms with van der Waals surface area (Å²) in [5.74, 6) is -0.494. The van der Waals surface area contributed by atoms with Crippen molar-refractivity contribution in [3.8, 4) is 0 Å². The molecule has 2 heterocycles. The molecule has 0 aromatic rings. The highest BCUT2D eigenvalue weighted by molar-refractivity contribution is 5.74. The number of carbonyl (C=O) groups is 1. The topological polar surface area (TPSA) is 44.8 Å². The van der Waals surface area contributed by atoms with E-state index in [-0.39, 0.29) is 5.54 Å². The molecule has 0 radical (unpaired) electrons. The van der Waals surface area contributed by atoms with Crippen molar-refractivity contribution in [3.63, 3.8) is 0 Å². The largest absolute Gasteiger partial charge is 0.408 e. The highest BCUT2D eigenvalue weighted by Crippen LogP contribution is 2.35. The molecule has 0 aromatic carbocycles. The Morgan fingerprint density at radius 1 is 1.07 bits per heavy atom. The molecule has 3 aliphatic rings. The van der Waals surface area contributed by atoms with Gasteiger partial charge >= 0.3 is 12.2 Å². The number of urea groups is 1. The van der Waals surface area contributed by atoms with E-state index >= 15 is 0 Å². The van der Waals surface area contributed by atoms with Gasteiger partial charge in [-0.15, -0.1) is 0 Å². The number of likely N-dealkylation sites (tertiary alicyclic amines) is 1. The van der Waals surface area contributed by atoms with Crippen molar-refractivity contribution in [2.75, 3.05) is 39.4 Å². The first kappa shape index (κ1) is 20.7. The van der Waals surface area contributed by atoms with Crippen molar-refractivity contribution in [2.24, 2.45) is 5.92 Å². The van der Waals surface area contributed by atoms with Gasteiger partial charge in [-0.05, 0) is 38.5 Å². The monoisotopic (exact) mass is 391 g/mol. The lowest BCUT2D eigenvalue weighted by molar-refractivity contribution is -0.168. The second-order valence-corrected chi connectivity index (χ2v) is 8.45. The Morgan fingerprint density at radius 3 is 2.22 bits per heavy atom. The van der Waals surface area contributed by atoms with Gasteiger partial charge in [-0.1, -0.05) is 19.3 Å². The van der Waals surface area contributed by atoms with E-state index in [2.05, 4.69) is 17.1 Å². The third-order valence-electron chi connectivity index (χ3n) is 6.66. The summed E-state index contributed by atoms with van der Waals surface area (Å²) in [5, 5.41) is 2.33. The smallest absolute Gasteiger partial charge is 0.379 e. The molecule has 1 unspecified atom stereocenters. The molecule has 27 heavy (non-hydrogen) atoms. The summed E-state index contributed by atoms with van der Waals surface area (Å²) in [6.07, 6.45) is 0.862. The molecule has 1 saturated carbocycles. The van der Waals surface area contributed by atoms with Gasteiger partial charge < -0.3 is 15.0 Å². The normalized spacial score (nSPS) is 26.6. The molecule has 2 amide bonds. The van der Waals surface area contributed by atoms with Gasteiger partial charge in [-0.25, -0.2) is 4.79 Å². The van der Waals surface area contributed by atoms with Crippen molar-refractivity contribution in [2.45, 2.75) is 69.6 Å². The number of carbonyl (C=O) groups excluding carboxylic acids is 1. The van der Waals surface area contributed by atoms with Crippen LogP contribution in [-0.2, 0) is 4.74 Å². The Balaban J connectivity index is 1.56. The molecule has 5 nitrogen and oxygen atoms in total. The summed E-state index contributed by atoms with van der Waals surface area (Å²) in [4.78, 5) is 16.5. The summed E-state index contributed by atoms with van der Waals surface area (Å²) in [6.45, 7) is 6.36. The van der Waals surface area contributed by atoms with Crippen molar-refractivity contribution >= 4 is 6.03 Å². The van der Waals surface area contributed by atoms with Gasteiger partial charge in [0, 0.05) is 31.7 Å². The number of hydrogen-bond acceptors (Lipinski definition) is 3. The van der Waals surface area contributed by atoms with Crippen molar-refractivity contribution in [1.82, 2.24) is 15.1 Å². The van der Waals surface area contributed by atoms with Gasteiger partial charge in [-0.3, -0.25) is 4.90 Å². The van der Waals surface area contributed by atoms with Gasteiger partial charge in [0.1, 0.15) is 6.04 Å². The maximum absolute atomic E-state index is 13.5. The molecular formula is C19H32F3N3O2. The Labute approximate surface area is 159 Å². The van der Waals surface area contributed by atoms with Crippen molar-refractivity contribution < 1.29 is 22.7 Å². The zero-order valence-corrected chi connectivity index (χ0v) is 16.2. The van der Waals surface area contributed by atoms with Gasteiger partial charge in [0.05, 0.1) is 13.2 Å². The molecule has 1 N–H and O–H groups in total. The summed E-state index contributed by atoms with van der Waals surface area (Å²) in [7, 11) is 0. The number of nitrogens with zero attached hydrogens (tertiary/aromatic N) is 2. The molecule has 2 aliphatic heterocycles. The standard InChI is InChI=1S/C19H32F3N3O2/c1-18(25-11-13-27-14-12-25)7-9-24(10-8-18)17(26)23-16(19(20,21)22)15-5-3-2-4-6-15/h15-16H,2-14H2,1H3,(H,23,26). The fourth-order valence-corrected chi connectivity index (χ4v) is 4.77. The SMILES string of the molecule is CC1(N2CCOCC2)CCN(C(=O)NC(C2CCCCC2)C(F)(F)F)CC1. The van der Waals surface area contributed by atoms with Crippen LogP contribution in [0.5, 0.6) is 0 Å². The molecule has 2 saturated heterocycles. The van der Waals surface area contributed by atoms with Crippen LogP contribution in [-0.4, -0.2) is 73.0 Å². The van der Waals surface area contributed by atoms with Gasteiger partial charge in [0.15, 0.2) is 0 Å². The van der Waals surface area contributed by atoms with E-state index in [1.165, 1.54) is 0 Å². The lowest BCUT2D eigenvalue weighted by Gasteiger charge is -2.48. The van der Waals surface area contributed by atoms with Gasteiger partial charge in [0.2, 0.25) is 0 Å². The molecule has 0 bridgehead atoms. The molecule has 0 spiro atoms. The van der Waals surface area contributed by atoms with Crippen LogP contribution in [0.3, 0.4) is 0 Å². The average Bonchev–Trinajstić information content (AvgIpc) is 2.67. The second-order valence-electron chi connectivity index (χ2n) is 8.45. The van der Waals surface area contributed by atoms with Crippen molar-refractivity contribution in [3.05, 3.63) is 0 Å². The fourth-order valence-electron chi connectivity index (χ4n) is 4.77. The number of ether oxygens (including phenoxy) is 1. The molecule has 3 rings (SSSR count). The lowest BCUT2D eigenvalue weighted by Crippen LogP contribution is -2.60. The van der Waals surface area contributed by atoms with Gasteiger partial charge in [0.25, 0.3) is 0 Å². The molecule has 1 aliphatic carbocycles. The van der Waals surface area contributed by atoms with Crippen LogP contribution in [0.2, 0.25) is 0 Å². The molecule has 0 aromatic heterocycles. The number of amides is 2. The van der Waals surface area contributed by atoms with Gasteiger partial charge in [-0.2, -0.15) is 13.2 Å². The van der Waals surface area contributed by atoms with E-state index in [4.69, 9.17) is 4.74 Å². The second kappa shape index (κ2) is 8.55. The minimum Gasteiger partial charge on any atom is -0.379 e. The molecule has 156 valence electrons. The highest BCUT2D eigenvalue weighted by Gasteiger charge is 2.46. The Kier molecular flexibility index (Phi) is 6.56. The lowest BCUT2D eigenvalue weighted by atomic mass is 9.83. The van der Waals surface area contributed by atoms with E-state index in [9.17, 15) is 18.0 Å². The zero-order valence-electron chi connectivity index (χ0n) is 16.2. The molecular weight excluding hydrogens is 359 g/mol. The third kappa shape index (κ3) is 5.08. The molecule has 1 atom stereocenters. The first-order valence-electron chi connectivity index (χ1n) is 10.2. The van der Waals surface area contributed by atoms with Crippen LogP contribution >= 0.6 is 0 Å². The van der Waals surface area contributed by atoms with Crippen LogP contribution in [0.4, 0.5) is 18.0 Å². The van der Waals surface area contributed by atoms with Crippen LogP contribution in [0.1, 0.15) is 51.9 Å². The summed E-state index contributed by atoms with van der Waals surface area (Å²) >= 11 is 0.